The molecular weight excluding hydrogens is 180 g/mol. The van der Waals surface area contributed by atoms with Gasteiger partial charge in [0.2, 0.25) is 0 Å². The normalized spacial score (nSPS) is 29.6. The Labute approximate surface area is 85.0 Å². The van der Waals surface area contributed by atoms with Crippen LogP contribution >= 0.6 is 0 Å². The van der Waals surface area contributed by atoms with Crippen molar-refractivity contribution >= 4 is 0 Å². The minimum Gasteiger partial charge on any atom is -0.481 e. The predicted octanol–water partition coefficient (Wildman–Crippen LogP) is 2.40. The summed E-state index contributed by atoms with van der Waals surface area (Å²) in [5.74, 6) is 0.367. The van der Waals surface area contributed by atoms with Gasteiger partial charge in [0.05, 0.1) is 0 Å². The summed E-state index contributed by atoms with van der Waals surface area (Å²) in [5, 5.41) is 9.47. The van der Waals surface area contributed by atoms with E-state index in [9.17, 15) is 5.11 Å². The Morgan fingerprint density at radius 1 is 1.71 bits per heavy atom. The van der Waals surface area contributed by atoms with E-state index >= 15 is 0 Å². The molecule has 1 aliphatic heterocycles. The van der Waals surface area contributed by atoms with Crippen molar-refractivity contribution in [2.75, 3.05) is 7.11 Å². The first-order chi connectivity index (χ1) is 6.60. The molecule has 0 aromatic rings. The lowest BCUT2D eigenvalue weighted by Gasteiger charge is -2.33. The Bertz CT molecular complexity index is 245. The van der Waals surface area contributed by atoms with Crippen LogP contribution in [0, 0.1) is 5.92 Å². The van der Waals surface area contributed by atoms with E-state index in [-0.39, 0.29) is 18.2 Å². The molecule has 0 aromatic heterocycles. The van der Waals surface area contributed by atoms with Gasteiger partial charge in [-0.25, -0.2) is 0 Å². The minimum atomic E-state index is -0.166. The number of rotatable bonds is 3. The quantitative estimate of drug-likeness (QED) is 0.708. The molecular formula is C11H18O3. The van der Waals surface area contributed by atoms with Gasteiger partial charge in [-0.1, -0.05) is 13.0 Å². The average Bonchev–Trinajstić information content (AvgIpc) is 2.15. The number of hydrogen-bond donors (Lipinski definition) is 1. The number of allylic oxidation sites excluding steroid dienone is 1. The lowest BCUT2D eigenvalue weighted by molar-refractivity contribution is -0.0784. The second kappa shape index (κ2) is 4.51. The highest BCUT2D eigenvalue weighted by molar-refractivity contribution is 5.07. The Morgan fingerprint density at radius 3 is 2.86 bits per heavy atom. The highest BCUT2D eigenvalue weighted by Crippen LogP contribution is 2.29. The molecule has 0 fully saturated rings. The molecule has 0 saturated carbocycles. The van der Waals surface area contributed by atoms with Crippen molar-refractivity contribution in [1.29, 1.82) is 0 Å². The van der Waals surface area contributed by atoms with Crippen LogP contribution in [-0.2, 0) is 9.47 Å². The van der Waals surface area contributed by atoms with Gasteiger partial charge in [-0.15, -0.1) is 6.58 Å². The largest absolute Gasteiger partial charge is 0.481 e. The first-order valence-corrected chi connectivity index (χ1v) is 4.80. The molecule has 0 radical (unpaired) electrons. The van der Waals surface area contributed by atoms with Crippen molar-refractivity contribution in [3.05, 3.63) is 24.2 Å². The fourth-order valence-corrected chi connectivity index (χ4v) is 1.79. The molecule has 1 aliphatic rings. The second-order valence-electron chi connectivity index (χ2n) is 3.79. The van der Waals surface area contributed by atoms with Gasteiger partial charge in [0.15, 0.2) is 0 Å². The third-order valence-corrected chi connectivity index (χ3v) is 2.63. The maximum Gasteiger partial charge on any atom is 0.275 e. The van der Waals surface area contributed by atoms with E-state index in [4.69, 9.17) is 9.47 Å². The molecule has 80 valence electrons. The van der Waals surface area contributed by atoms with Gasteiger partial charge >= 0.3 is 0 Å². The maximum absolute atomic E-state index is 9.47. The zero-order chi connectivity index (χ0) is 10.7. The Kier molecular flexibility index (Phi) is 3.58. The first kappa shape index (κ1) is 11.1. The van der Waals surface area contributed by atoms with Crippen molar-refractivity contribution in [1.82, 2.24) is 0 Å². The fraction of sp³-hybridized carbons (Fsp3) is 0.636. The molecule has 3 atom stereocenters. The van der Waals surface area contributed by atoms with Crippen LogP contribution in [-0.4, -0.2) is 24.4 Å². The van der Waals surface area contributed by atoms with E-state index in [0.717, 1.165) is 12.0 Å². The van der Waals surface area contributed by atoms with Gasteiger partial charge in [0.1, 0.15) is 12.2 Å². The molecule has 3 nitrogen and oxygen atoms in total. The number of ether oxygens (including phenoxy) is 2. The van der Waals surface area contributed by atoms with Crippen molar-refractivity contribution < 1.29 is 14.6 Å². The van der Waals surface area contributed by atoms with Crippen LogP contribution in [0.1, 0.15) is 20.3 Å². The topological polar surface area (TPSA) is 38.7 Å². The van der Waals surface area contributed by atoms with E-state index in [1.165, 1.54) is 0 Å². The second-order valence-corrected chi connectivity index (χ2v) is 3.79. The van der Waals surface area contributed by atoms with Crippen molar-refractivity contribution in [2.45, 2.75) is 32.5 Å². The smallest absolute Gasteiger partial charge is 0.275 e. The molecule has 0 unspecified atom stereocenters. The molecule has 1 heterocycles. The van der Waals surface area contributed by atoms with E-state index < -0.39 is 0 Å². The van der Waals surface area contributed by atoms with Crippen molar-refractivity contribution in [2.24, 2.45) is 5.92 Å². The lowest BCUT2D eigenvalue weighted by Crippen LogP contribution is -2.37. The molecule has 0 amide bonds. The molecule has 1 rings (SSSR count). The summed E-state index contributed by atoms with van der Waals surface area (Å²) < 4.78 is 10.6. The first-order valence-electron chi connectivity index (χ1n) is 4.80. The Balaban J connectivity index is 2.77. The van der Waals surface area contributed by atoms with Crippen LogP contribution < -0.4 is 0 Å². The van der Waals surface area contributed by atoms with Gasteiger partial charge in [-0.05, 0) is 13.3 Å². The third kappa shape index (κ3) is 2.10. The van der Waals surface area contributed by atoms with E-state index in [1.54, 1.807) is 13.2 Å². The molecule has 0 bridgehead atoms. The molecule has 14 heavy (non-hydrogen) atoms. The van der Waals surface area contributed by atoms with E-state index in [2.05, 4.69) is 13.5 Å². The average molecular weight is 198 g/mol. The monoisotopic (exact) mass is 198 g/mol. The summed E-state index contributed by atoms with van der Waals surface area (Å²) in [6, 6.07) is 0. The maximum atomic E-state index is 9.47. The predicted molar refractivity (Wildman–Crippen MR) is 55.0 cm³/mol. The van der Waals surface area contributed by atoms with Crippen LogP contribution in [0.25, 0.3) is 0 Å². The zero-order valence-electron chi connectivity index (χ0n) is 8.99. The van der Waals surface area contributed by atoms with Crippen LogP contribution in [0.3, 0.4) is 0 Å². The van der Waals surface area contributed by atoms with E-state index in [0.29, 0.717) is 5.92 Å². The summed E-state index contributed by atoms with van der Waals surface area (Å²) in [6.45, 7) is 7.64. The fourth-order valence-electron chi connectivity index (χ4n) is 1.79. The van der Waals surface area contributed by atoms with Gasteiger partial charge in [0, 0.05) is 18.6 Å². The standard InChI is InChI=1S/C11H18O3/c1-5-9(13-4)10-7(2)6-8(3)11(12)14-10/h5,7,9-10,12H,1,6H2,2-4H3/t7-,9+,10+/m1/s1. The summed E-state index contributed by atoms with van der Waals surface area (Å²) in [6.07, 6.45) is 2.24. The van der Waals surface area contributed by atoms with Gasteiger partial charge in [-0.3, -0.25) is 0 Å². The van der Waals surface area contributed by atoms with Crippen molar-refractivity contribution in [3.8, 4) is 0 Å². The molecule has 0 aliphatic carbocycles. The third-order valence-electron chi connectivity index (χ3n) is 2.63. The SMILES string of the molecule is C=C[C@H](OC)[C@H]1OC(O)=C(C)C[C@H]1C. The van der Waals surface area contributed by atoms with Gasteiger partial charge in [-0.2, -0.15) is 0 Å². The summed E-state index contributed by atoms with van der Waals surface area (Å²) >= 11 is 0. The summed E-state index contributed by atoms with van der Waals surface area (Å²) in [7, 11) is 1.62. The van der Waals surface area contributed by atoms with Gasteiger partial charge in [0.25, 0.3) is 5.95 Å². The van der Waals surface area contributed by atoms with Crippen LogP contribution in [0.4, 0.5) is 0 Å². The lowest BCUT2D eigenvalue weighted by atomic mass is 9.91. The number of hydrogen-bond acceptors (Lipinski definition) is 3. The Morgan fingerprint density at radius 2 is 2.36 bits per heavy atom. The minimum absolute atomic E-state index is 0.0389. The molecule has 0 aromatic carbocycles. The Hall–Kier alpha value is -0.960. The highest BCUT2D eigenvalue weighted by Gasteiger charge is 2.32. The summed E-state index contributed by atoms with van der Waals surface area (Å²) in [5.41, 5.74) is 0.896. The highest BCUT2D eigenvalue weighted by atomic mass is 16.6. The molecule has 3 heteroatoms. The van der Waals surface area contributed by atoms with Crippen LogP contribution in [0.5, 0.6) is 0 Å². The molecule has 0 spiro atoms. The van der Waals surface area contributed by atoms with Crippen LogP contribution in [0.15, 0.2) is 24.2 Å². The number of methoxy groups -OCH3 is 1. The van der Waals surface area contributed by atoms with E-state index in [1.807, 2.05) is 6.92 Å². The number of aliphatic hydroxyl groups excluding tert-OH is 1. The van der Waals surface area contributed by atoms with Crippen LogP contribution in [0.2, 0.25) is 0 Å². The zero-order valence-corrected chi connectivity index (χ0v) is 8.99. The molecule has 1 N–H and O–H groups in total. The summed E-state index contributed by atoms with van der Waals surface area (Å²) in [4.78, 5) is 0. The molecule has 0 saturated heterocycles. The van der Waals surface area contributed by atoms with Gasteiger partial charge < -0.3 is 14.6 Å². The number of aliphatic hydroxyl groups is 1. The van der Waals surface area contributed by atoms with Crippen molar-refractivity contribution in [3.63, 3.8) is 0 Å².